The molecule has 2 unspecified atom stereocenters. The number of hydrogen-bond donors (Lipinski definition) is 1. The minimum absolute atomic E-state index is 0.335. The van der Waals surface area contributed by atoms with E-state index in [0.717, 1.165) is 19.3 Å². The molecule has 0 aliphatic heterocycles. The monoisotopic (exact) mass is 432 g/mol. The normalized spacial score (nSPS) is 15.7. The zero-order valence-corrected chi connectivity index (χ0v) is 21.1. The molecule has 0 rings (SSSR count). The lowest BCUT2D eigenvalue weighted by atomic mass is 10.1. The first kappa shape index (κ1) is 28.9. The molecule has 0 bridgehead atoms. The standard InChI is InChI=1S/C24H50NO3P/c1-6-8-9-10-11-12-13-14-15-16-17-18-19-20-21-23-28-29(26,27)24(22-7-2)25(3,4)5/h11-12,24H,6-10,13-23H2,1-5H3/p+1. The Kier molecular flexibility index (Phi) is 17.4. The minimum atomic E-state index is -3.56. The Hall–Kier alpha value is -0.150. The average Bonchev–Trinajstić information content (AvgIpc) is 2.64. The van der Waals surface area contributed by atoms with E-state index in [1.807, 2.05) is 28.1 Å². The fourth-order valence-corrected chi connectivity index (χ4v) is 5.72. The van der Waals surface area contributed by atoms with E-state index in [9.17, 15) is 9.46 Å². The smallest absolute Gasteiger partial charge is 0.320 e. The number of allylic oxidation sites excluding steroid dienone is 2. The molecule has 29 heavy (non-hydrogen) atoms. The molecule has 0 radical (unpaired) electrons. The van der Waals surface area contributed by atoms with Crippen LogP contribution >= 0.6 is 7.60 Å². The van der Waals surface area contributed by atoms with Crippen molar-refractivity contribution in [3.05, 3.63) is 12.2 Å². The van der Waals surface area contributed by atoms with Crippen molar-refractivity contribution in [1.82, 2.24) is 0 Å². The number of unbranched alkanes of at least 4 members (excludes halogenated alkanes) is 11. The van der Waals surface area contributed by atoms with E-state index in [1.54, 1.807) is 0 Å². The lowest BCUT2D eigenvalue weighted by Gasteiger charge is -2.35. The summed E-state index contributed by atoms with van der Waals surface area (Å²) in [7, 11) is 2.34. The van der Waals surface area contributed by atoms with Gasteiger partial charge in [-0.3, -0.25) is 4.57 Å². The molecule has 4 nitrogen and oxygen atoms in total. The Bertz CT molecular complexity index is 446. The molecule has 0 heterocycles. The van der Waals surface area contributed by atoms with E-state index in [-0.39, 0.29) is 5.78 Å². The molecule has 2 atom stereocenters. The molecule has 0 saturated carbocycles. The van der Waals surface area contributed by atoms with Crippen LogP contribution in [0.4, 0.5) is 0 Å². The summed E-state index contributed by atoms with van der Waals surface area (Å²) >= 11 is 0. The zero-order valence-electron chi connectivity index (χ0n) is 20.2. The van der Waals surface area contributed by atoms with Crippen molar-refractivity contribution in [3.8, 4) is 0 Å². The molecule has 0 aromatic carbocycles. The van der Waals surface area contributed by atoms with Gasteiger partial charge in [0.25, 0.3) is 0 Å². The van der Waals surface area contributed by atoms with Gasteiger partial charge in [-0.05, 0) is 38.5 Å². The third-order valence-corrected chi connectivity index (χ3v) is 7.76. The van der Waals surface area contributed by atoms with Gasteiger partial charge in [-0.1, -0.05) is 77.4 Å². The van der Waals surface area contributed by atoms with Crippen LogP contribution in [0.5, 0.6) is 0 Å². The zero-order chi connectivity index (χ0) is 22.0. The van der Waals surface area contributed by atoms with Crippen molar-refractivity contribution in [2.24, 2.45) is 0 Å². The summed E-state index contributed by atoms with van der Waals surface area (Å²) < 4.78 is 18.6. The quantitative estimate of drug-likeness (QED) is 0.0929. The van der Waals surface area contributed by atoms with Gasteiger partial charge in [0.05, 0.1) is 27.7 Å². The Morgan fingerprint density at radius 2 is 1.28 bits per heavy atom. The molecule has 0 aliphatic rings. The van der Waals surface area contributed by atoms with Gasteiger partial charge in [0, 0.05) is 6.42 Å². The SMILES string of the molecule is CCCCCC=CCCCCCCCCCCOP(=O)(O)C(CCC)[N+](C)(C)C. The highest BCUT2D eigenvalue weighted by Crippen LogP contribution is 2.51. The Morgan fingerprint density at radius 3 is 1.76 bits per heavy atom. The van der Waals surface area contributed by atoms with Gasteiger partial charge in [0.1, 0.15) is 0 Å². The van der Waals surface area contributed by atoms with E-state index >= 15 is 0 Å². The van der Waals surface area contributed by atoms with E-state index in [1.165, 1.54) is 70.6 Å². The van der Waals surface area contributed by atoms with Gasteiger partial charge < -0.3 is 13.9 Å². The van der Waals surface area contributed by atoms with Crippen molar-refractivity contribution in [2.75, 3.05) is 27.7 Å². The molecule has 0 aliphatic carbocycles. The predicted octanol–water partition coefficient (Wildman–Crippen LogP) is 7.67. The van der Waals surface area contributed by atoms with E-state index in [4.69, 9.17) is 4.52 Å². The van der Waals surface area contributed by atoms with Crippen molar-refractivity contribution >= 4 is 7.60 Å². The van der Waals surface area contributed by atoms with Gasteiger partial charge in [-0.15, -0.1) is 0 Å². The molecular weight excluding hydrogens is 381 g/mol. The van der Waals surface area contributed by atoms with Crippen molar-refractivity contribution < 1.29 is 18.5 Å². The Labute approximate surface area is 182 Å². The van der Waals surface area contributed by atoms with Crippen molar-refractivity contribution in [3.63, 3.8) is 0 Å². The third-order valence-electron chi connectivity index (χ3n) is 5.50. The van der Waals surface area contributed by atoms with Gasteiger partial charge in [0.2, 0.25) is 0 Å². The van der Waals surface area contributed by atoms with Crippen LogP contribution < -0.4 is 0 Å². The molecule has 174 valence electrons. The van der Waals surface area contributed by atoms with Crippen LogP contribution in [0.15, 0.2) is 12.2 Å². The van der Waals surface area contributed by atoms with Gasteiger partial charge in [0.15, 0.2) is 5.78 Å². The van der Waals surface area contributed by atoms with Crippen LogP contribution in [0.3, 0.4) is 0 Å². The van der Waals surface area contributed by atoms with Gasteiger partial charge >= 0.3 is 7.60 Å². The molecular formula is C24H51NO3P+. The number of nitrogens with zero attached hydrogens (tertiary/aromatic N) is 1. The summed E-state index contributed by atoms with van der Waals surface area (Å²) in [6, 6.07) is 0. The van der Waals surface area contributed by atoms with E-state index in [0.29, 0.717) is 17.5 Å². The lowest BCUT2D eigenvalue weighted by Crippen LogP contribution is -2.45. The summed E-state index contributed by atoms with van der Waals surface area (Å²) in [6.45, 7) is 4.70. The second-order valence-electron chi connectivity index (χ2n) is 9.37. The Morgan fingerprint density at radius 1 is 0.793 bits per heavy atom. The van der Waals surface area contributed by atoms with Crippen LogP contribution in [0, 0.1) is 0 Å². The summed E-state index contributed by atoms with van der Waals surface area (Å²) in [6.07, 6.45) is 22.5. The fourth-order valence-electron chi connectivity index (χ4n) is 3.70. The van der Waals surface area contributed by atoms with Crippen LogP contribution in [-0.2, 0) is 9.09 Å². The topological polar surface area (TPSA) is 46.5 Å². The van der Waals surface area contributed by atoms with Crippen LogP contribution in [-0.4, -0.2) is 42.9 Å². The number of quaternary nitrogens is 1. The van der Waals surface area contributed by atoms with Crippen molar-refractivity contribution in [1.29, 1.82) is 0 Å². The van der Waals surface area contributed by atoms with E-state index < -0.39 is 7.60 Å². The second kappa shape index (κ2) is 17.5. The van der Waals surface area contributed by atoms with Gasteiger partial charge in [-0.25, -0.2) is 0 Å². The maximum Gasteiger partial charge on any atom is 0.385 e. The molecule has 5 heteroatoms. The number of rotatable bonds is 20. The molecule has 0 amide bonds. The first-order chi connectivity index (χ1) is 13.8. The molecule has 0 fully saturated rings. The summed E-state index contributed by atoms with van der Waals surface area (Å²) in [5.41, 5.74) is 0. The first-order valence-electron chi connectivity index (χ1n) is 12.2. The number of hydrogen-bond acceptors (Lipinski definition) is 2. The lowest BCUT2D eigenvalue weighted by molar-refractivity contribution is -0.883. The molecule has 0 aromatic heterocycles. The maximum atomic E-state index is 12.6. The fraction of sp³-hybridized carbons (Fsp3) is 0.917. The minimum Gasteiger partial charge on any atom is -0.320 e. The third kappa shape index (κ3) is 16.2. The first-order valence-corrected chi connectivity index (χ1v) is 13.8. The predicted molar refractivity (Wildman–Crippen MR) is 127 cm³/mol. The summed E-state index contributed by atoms with van der Waals surface area (Å²) in [5, 5.41) is 0. The molecule has 0 aromatic rings. The highest BCUT2D eigenvalue weighted by molar-refractivity contribution is 7.53. The second-order valence-corrected chi connectivity index (χ2v) is 11.3. The highest BCUT2D eigenvalue weighted by atomic mass is 31.2. The van der Waals surface area contributed by atoms with Crippen molar-refractivity contribution in [2.45, 2.75) is 116 Å². The highest BCUT2D eigenvalue weighted by Gasteiger charge is 2.41. The average molecular weight is 433 g/mol. The van der Waals surface area contributed by atoms with E-state index in [2.05, 4.69) is 19.1 Å². The van der Waals surface area contributed by atoms with Crippen LogP contribution in [0.1, 0.15) is 110 Å². The van der Waals surface area contributed by atoms with Crippen LogP contribution in [0.2, 0.25) is 0 Å². The Balaban J connectivity index is 3.62. The molecule has 1 N–H and O–H groups in total. The molecule has 0 saturated heterocycles. The maximum absolute atomic E-state index is 12.6. The summed E-state index contributed by atoms with van der Waals surface area (Å²) in [4.78, 5) is 10.4. The van der Waals surface area contributed by atoms with Gasteiger partial charge in [-0.2, -0.15) is 0 Å². The summed E-state index contributed by atoms with van der Waals surface area (Å²) in [5.74, 6) is -0.335. The van der Waals surface area contributed by atoms with Crippen LogP contribution in [0.25, 0.3) is 0 Å². The largest absolute Gasteiger partial charge is 0.385 e. The molecule has 0 spiro atoms.